The third-order valence-electron chi connectivity index (χ3n) is 2.85. The summed E-state index contributed by atoms with van der Waals surface area (Å²) >= 11 is 0. The number of carbonyl (C=O) groups excluding carboxylic acids is 1. The molecule has 4 N–H and O–H groups in total. The first-order valence-corrected chi connectivity index (χ1v) is 5.89. The molecule has 1 aromatic carbocycles. The van der Waals surface area contributed by atoms with Crippen LogP contribution >= 0.6 is 12.4 Å². The molecule has 19 heavy (non-hydrogen) atoms. The summed E-state index contributed by atoms with van der Waals surface area (Å²) in [5, 5.41) is 2.71. The highest BCUT2D eigenvalue weighted by molar-refractivity contribution is 5.95. The number of H-pyrrole nitrogens is 1. The molecule has 0 saturated heterocycles. The Balaban J connectivity index is 0.00000180. The Kier molecular flexibility index (Phi) is 4.55. The number of imidazole rings is 1. The Hall–Kier alpha value is -1.59. The molecule has 0 fully saturated rings. The predicted molar refractivity (Wildman–Crippen MR) is 79.4 cm³/mol. The standard InChI is InChI=1S/C13H18N4O.ClH/c1-13(2,3)10(14)11(18)17-12-15-8-6-4-5-7-9(8)16-12;/h4-7,10H,14H2,1-3H3,(H2,15,16,17,18);1H/t10-;/m1./s1. The van der Waals surface area contributed by atoms with Gasteiger partial charge in [-0.1, -0.05) is 32.9 Å². The van der Waals surface area contributed by atoms with Crippen molar-refractivity contribution in [2.75, 3.05) is 5.32 Å². The van der Waals surface area contributed by atoms with Crippen LogP contribution in [0.4, 0.5) is 5.95 Å². The third-order valence-corrected chi connectivity index (χ3v) is 2.85. The van der Waals surface area contributed by atoms with Gasteiger partial charge >= 0.3 is 0 Å². The molecule has 1 atom stereocenters. The lowest BCUT2D eigenvalue weighted by atomic mass is 9.87. The van der Waals surface area contributed by atoms with E-state index in [1.165, 1.54) is 0 Å². The number of rotatable bonds is 2. The maximum absolute atomic E-state index is 11.9. The molecule has 0 aliphatic rings. The topological polar surface area (TPSA) is 83.8 Å². The second kappa shape index (κ2) is 5.59. The van der Waals surface area contributed by atoms with Crippen LogP contribution in [0.15, 0.2) is 24.3 Å². The van der Waals surface area contributed by atoms with Crippen LogP contribution in [-0.4, -0.2) is 21.9 Å². The first kappa shape index (κ1) is 15.5. The lowest BCUT2D eigenvalue weighted by molar-refractivity contribution is -0.119. The Bertz CT molecular complexity index is 540. The van der Waals surface area contributed by atoms with Crippen molar-refractivity contribution >= 4 is 35.3 Å². The number of aromatic nitrogens is 2. The number of nitrogens with two attached hydrogens (primary N) is 1. The van der Waals surface area contributed by atoms with Gasteiger partial charge in [0.05, 0.1) is 17.1 Å². The maximum Gasteiger partial charge on any atom is 0.244 e. The van der Waals surface area contributed by atoms with E-state index in [9.17, 15) is 4.79 Å². The first-order chi connectivity index (χ1) is 8.38. The molecule has 1 aromatic heterocycles. The Morgan fingerprint density at radius 2 is 2.00 bits per heavy atom. The van der Waals surface area contributed by atoms with Crippen LogP contribution in [0, 0.1) is 5.41 Å². The molecule has 6 heteroatoms. The Morgan fingerprint density at radius 1 is 1.37 bits per heavy atom. The number of para-hydroxylation sites is 2. The zero-order valence-electron chi connectivity index (χ0n) is 11.2. The molecule has 2 rings (SSSR count). The van der Waals surface area contributed by atoms with Crippen LogP contribution in [0.3, 0.4) is 0 Å². The van der Waals surface area contributed by atoms with Gasteiger partial charge in [-0.05, 0) is 17.5 Å². The van der Waals surface area contributed by atoms with E-state index in [1.54, 1.807) is 0 Å². The second-order valence-electron chi connectivity index (χ2n) is 5.44. The number of benzene rings is 1. The van der Waals surface area contributed by atoms with Crippen molar-refractivity contribution in [2.24, 2.45) is 11.1 Å². The summed E-state index contributed by atoms with van der Waals surface area (Å²) in [5.41, 5.74) is 7.30. The van der Waals surface area contributed by atoms with E-state index in [1.807, 2.05) is 45.0 Å². The summed E-state index contributed by atoms with van der Waals surface area (Å²) in [6.45, 7) is 5.78. The minimum atomic E-state index is -0.578. The molecule has 0 aliphatic heterocycles. The number of hydrogen-bond acceptors (Lipinski definition) is 3. The highest BCUT2D eigenvalue weighted by Crippen LogP contribution is 2.19. The quantitative estimate of drug-likeness (QED) is 0.790. The van der Waals surface area contributed by atoms with Crippen molar-refractivity contribution in [1.82, 2.24) is 9.97 Å². The molecule has 2 aromatic rings. The number of halogens is 1. The van der Waals surface area contributed by atoms with E-state index >= 15 is 0 Å². The number of anilines is 1. The van der Waals surface area contributed by atoms with Gasteiger partial charge < -0.3 is 10.7 Å². The average Bonchev–Trinajstić information content (AvgIpc) is 2.68. The maximum atomic E-state index is 11.9. The molecule has 0 saturated carbocycles. The summed E-state index contributed by atoms with van der Waals surface area (Å²) in [7, 11) is 0. The van der Waals surface area contributed by atoms with Crippen molar-refractivity contribution in [1.29, 1.82) is 0 Å². The van der Waals surface area contributed by atoms with Gasteiger partial charge in [0.2, 0.25) is 11.9 Å². The second-order valence-corrected chi connectivity index (χ2v) is 5.44. The van der Waals surface area contributed by atoms with E-state index in [0.29, 0.717) is 5.95 Å². The Morgan fingerprint density at radius 3 is 2.58 bits per heavy atom. The number of amides is 1. The first-order valence-electron chi connectivity index (χ1n) is 5.89. The summed E-state index contributed by atoms with van der Waals surface area (Å²) in [4.78, 5) is 19.2. The number of nitrogens with one attached hydrogen (secondary N) is 2. The molecule has 1 heterocycles. The van der Waals surface area contributed by atoms with E-state index in [-0.39, 0.29) is 23.7 Å². The fourth-order valence-electron chi connectivity index (χ4n) is 1.60. The van der Waals surface area contributed by atoms with Crippen LogP contribution in [0.2, 0.25) is 0 Å². The van der Waals surface area contributed by atoms with E-state index in [0.717, 1.165) is 11.0 Å². The van der Waals surface area contributed by atoms with Crippen LogP contribution < -0.4 is 11.1 Å². The molecule has 0 unspecified atom stereocenters. The van der Waals surface area contributed by atoms with E-state index in [4.69, 9.17) is 5.73 Å². The van der Waals surface area contributed by atoms with Gasteiger partial charge in [-0.3, -0.25) is 10.1 Å². The van der Waals surface area contributed by atoms with E-state index in [2.05, 4.69) is 15.3 Å². The highest BCUT2D eigenvalue weighted by atomic mass is 35.5. The van der Waals surface area contributed by atoms with Gasteiger partial charge in [-0.25, -0.2) is 4.98 Å². The van der Waals surface area contributed by atoms with Crippen LogP contribution in [0.5, 0.6) is 0 Å². The zero-order valence-corrected chi connectivity index (χ0v) is 12.0. The molecular formula is C13H19ClN4O. The fraction of sp³-hybridized carbons (Fsp3) is 0.385. The van der Waals surface area contributed by atoms with Gasteiger partial charge in [0.1, 0.15) is 0 Å². The van der Waals surface area contributed by atoms with Crippen LogP contribution in [0.1, 0.15) is 20.8 Å². The van der Waals surface area contributed by atoms with Crippen molar-refractivity contribution in [3.63, 3.8) is 0 Å². The summed E-state index contributed by atoms with van der Waals surface area (Å²) in [6, 6.07) is 7.01. The minimum absolute atomic E-state index is 0. The lowest BCUT2D eigenvalue weighted by Gasteiger charge is -2.25. The van der Waals surface area contributed by atoms with Gasteiger partial charge in [-0.2, -0.15) is 0 Å². The molecule has 5 nitrogen and oxygen atoms in total. The van der Waals surface area contributed by atoms with Crippen molar-refractivity contribution in [3.05, 3.63) is 24.3 Å². The number of aromatic amines is 1. The van der Waals surface area contributed by atoms with Gasteiger partial charge in [0.25, 0.3) is 0 Å². The monoisotopic (exact) mass is 282 g/mol. The fourth-order valence-corrected chi connectivity index (χ4v) is 1.60. The number of fused-ring (bicyclic) bond motifs is 1. The summed E-state index contributed by atoms with van der Waals surface area (Å²) in [6.07, 6.45) is 0. The molecule has 1 amide bonds. The SMILES string of the molecule is CC(C)(C)[C@H](N)C(=O)Nc1nc2ccccc2[nH]1.Cl. The van der Waals surface area contributed by atoms with Gasteiger partial charge in [-0.15, -0.1) is 12.4 Å². The van der Waals surface area contributed by atoms with Gasteiger partial charge in [0, 0.05) is 0 Å². The largest absolute Gasteiger partial charge is 0.324 e. The average molecular weight is 283 g/mol. The zero-order chi connectivity index (χ0) is 13.3. The smallest absolute Gasteiger partial charge is 0.244 e. The predicted octanol–water partition coefficient (Wildman–Crippen LogP) is 2.30. The highest BCUT2D eigenvalue weighted by Gasteiger charge is 2.27. The molecule has 0 bridgehead atoms. The molecule has 104 valence electrons. The van der Waals surface area contributed by atoms with Crippen molar-refractivity contribution in [3.8, 4) is 0 Å². The molecule has 0 radical (unpaired) electrons. The molecular weight excluding hydrogens is 264 g/mol. The molecule has 0 spiro atoms. The van der Waals surface area contributed by atoms with Crippen LogP contribution in [0.25, 0.3) is 11.0 Å². The van der Waals surface area contributed by atoms with Crippen molar-refractivity contribution < 1.29 is 4.79 Å². The van der Waals surface area contributed by atoms with Crippen LogP contribution in [-0.2, 0) is 4.79 Å². The summed E-state index contributed by atoms with van der Waals surface area (Å²) in [5.74, 6) is 0.197. The number of carbonyl (C=O) groups is 1. The lowest BCUT2D eigenvalue weighted by Crippen LogP contribution is -2.45. The molecule has 0 aliphatic carbocycles. The Labute approximate surface area is 118 Å². The normalized spacial score (nSPS) is 12.8. The van der Waals surface area contributed by atoms with E-state index < -0.39 is 6.04 Å². The minimum Gasteiger partial charge on any atom is -0.324 e. The number of hydrogen-bond donors (Lipinski definition) is 3. The van der Waals surface area contributed by atoms with Crippen molar-refractivity contribution in [2.45, 2.75) is 26.8 Å². The van der Waals surface area contributed by atoms with Gasteiger partial charge in [0.15, 0.2) is 0 Å². The third kappa shape index (κ3) is 3.45. The number of nitrogens with zero attached hydrogens (tertiary/aromatic N) is 1. The summed E-state index contributed by atoms with van der Waals surface area (Å²) < 4.78 is 0.